The van der Waals surface area contributed by atoms with Crippen LogP contribution < -0.4 is 4.74 Å². The summed E-state index contributed by atoms with van der Waals surface area (Å²) >= 11 is 6.11. The lowest BCUT2D eigenvalue weighted by Gasteiger charge is -2.10. The molecule has 126 valence electrons. The van der Waals surface area contributed by atoms with Crippen molar-refractivity contribution in [1.29, 1.82) is 0 Å². The average molecular weight is 357 g/mol. The second-order valence-electron chi connectivity index (χ2n) is 5.47. The molecular weight excluding hydrogens is 343 g/mol. The molecule has 0 atom stereocenters. The van der Waals surface area contributed by atoms with E-state index in [1.54, 1.807) is 42.5 Å². The molecule has 3 aromatic carbocycles. The van der Waals surface area contributed by atoms with Crippen LogP contribution in [-0.2, 0) is 11.2 Å². The molecule has 5 heteroatoms. The van der Waals surface area contributed by atoms with Crippen LogP contribution in [0.4, 0.5) is 4.39 Å². The number of aliphatic carboxylic acids is 1. The van der Waals surface area contributed by atoms with Gasteiger partial charge in [-0.2, -0.15) is 0 Å². The van der Waals surface area contributed by atoms with Crippen molar-refractivity contribution in [3.05, 3.63) is 83.1 Å². The third kappa shape index (κ3) is 4.37. The monoisotopic (exact) mass is 356 g/mol. The molecule has 0 spiro atoms. The van der Waals surface area contributed by atoms with Crippen LogP contribution in [0, 0.1) is 5.82 Å². The third-order valence-corrected chi connectivity index (χ3v) is 3.88. The third-order valence-electron chi connectivity index (χ3n) is 3.57. The van der Waals surface area contributed by atoms with E-state index in [4.69, 9.17) is 21.4 Å². The minimum absolute atomic E-state index is 0.0670. The Morgan fingerprint density at radius 3 is 2.44 bits per heavy atom. The van der Waals surface area contributed by atoms with E-state index in [9.17, 15) is 9.18 Å². The van der Waals surface area contributed by atoms with Gasteiger partial charge in [0, 0.05) is 5.56 Å². The highest BCUT2D eigenvalue weighted by atomic mass is 35.5. The number of halogens is 2. The first kappa shape index (κ1) is 17.0. The molecule has 0 bridgehead atoms. The van der Waals surface area contributed by atoms with Gasteiger partial charge in [-0.3, -0.25) is 4.79 Å². The van der Waals surface area contributed by atoms with E-state index < -0.39 is 11.8 Å². The van der Waals surface area contributed by atoms with Crippen LogP contribution in [0.3, 0.4) is 0 Å². The summed E-state index contributed by atoms with van der Waals surface area (Å²) in [6.45, 7) is 0. The van der Waals surface area contributed by atoms with Gasteiger partial charge in [-0.25, -0.2) is 4.39 Å². The molecule has 25 heavy (non-hydrogen) atoms. The molecule has 0 heterocycles. The minimum atomic E-state index is -0.898. The van der Waals surface area contributed by atoms with Crippen molar-refractivity contribution in [2.75, 3.05) is 0 Å². The molecule has 3 nitrogen and oxygen atoms in total. The zero-order chi connectivity index (χ0) is 17.8. The van der Waals surface area contributed by atoms with Gasteiger partial charge in [-0.15, -0.1) is 0 Å². The van der Waals surface area contributed by atoms with Gasteiger partial charge in [0.05, 0.1) is 11.4 Å². The SMILES string of the molecule is O=C(O)Cc1cccc(Oc2cccc(-c3ccc(F)cc3Cl)c2)c1. The Kier molecular flexibility index (Phi) is 5.00. The molecule has 0 aliphatic heterocycles. The zero-order valence-electron chi connectivity index (χ0n) is 13.1. The highest BCUT2D eigenvalue weighted by Crippen LogP contribution is 2.32. The van der Waals surface area contributed by atoms with Crippen molar-refractivity contribution >= 4 is 17.6 Å². The van der Waals surface area contributed by atoms with Gasteiger partial charge in [0.25, 0.3) is 0 Å². The molecular formula is C20H14ClFO3. The molecule has 0 saturated heterocycles. The maximum atomic E-state index is 13.2. The highest BCUT2D eigenvalue weighted by Gasteiger charge is 2.07. The molecule has 0 saturated carbocycles. The number of hydrogen-bond acceptors (Lipinski definition) is 2. The average Bonchev–Trinajstić information content (AvgIpc) is 2.55. The number of carbonyl (C=O) groups is 1. The van der Waals surface area contributed by atoms with E-state index >= 15 is 0 Å². The Balaban J connectivity index is 1.86. The largest absolute Gasteiger partial charge is 0.481 e. The standard InChI is InChI=1S/C20H14ClFO3/c21-19-12-15(22)7-8-18(19)14-4-2-6-17(11-14)25-16-5-1-3-13(9-16)10-20(23)24/h1-9,11-12H,10H2,(H,23,24). The fourth-order valence-electron chi connectivity index (χ4n) is 2.48. The highest BCUT2D eigenvalue weighted by molar-refractivity contribution is 6.33. The van der Waals surface area contributed by atoms with Crippen LogP contribution in [0.2, 0.25) is 5.02 Å². The number of carboxylic acids is 1. The van der Waals surface area contributed by atoms with Crippen molar-refractivity contribution < 1.29 is 19.0 Å². The maximum Gasteiger partial charge on any atom is 0.307 e. The van der Waals surface area contributed by atoms with Gasteiger partial charge < -0.3 is 9.84 Å². The summed E-state index contributed by atoms with van der Waals surface area (Å²) in [7, 11) is 0. The Labute approximate surface area is 149 Å². The van der Waals surface area contributed by atoms with Crippen molar-refractivity contribution in [1.82, 2.24) is 0 Å². The van der Waals surface area contributed by atoms with Crippen molar-refractivity contribution in [3.63, 3.8) is 0 Å². The van der Waals surface area contributed by atoms with Gasteiger partial charge in [-0.1, -0.05) is 35.9 Å². The normalized spacial score (nSPS) is 10.5. The summed E-state index contributed by atoms with van der Waals surface area (Å²) in [6, 6.07) is 18.4. The summed E-state index contributed by atoms with van der Waals surface area (Å²) in [5.74, 6) is -0.173. The van der Waals surface area contributed by atoms with E-state index in [-0.39, 0.29) is 6.42 Å². The molecule has 0 aliphatic rings. The number of ether oxygens (including phenoxy) is 1. The summed E-state index contributed by atoms with van der Waals surface area (Å²) < 4.78 is 19.0. The molecule has 1 N–H and O–H groups in total. The molecule has 0 aliphatic carbocycles. The predicted octanol–water partition coefficient (Wildman–Crippen LogP) is 5.57. The molecule has 0 fully saturated rings. The summed E-state index contributed by atoms with van der Waals surface area (Å²) in [4.78, 5) is 10.8. The number of benzene rings is 3. The van der Waals surface area contributed by atoms with Gasteiger partial charge in [-0.05, 0) is 53.6 Å². The van der Waals surface area contributed by atoms with Crippen LogP contribution in [-0.4, -0.2) is 11.1 Å². The van der Waals surface area contributed by atoms with E-state index in [0.29, 0.717) is 27.6 Å². The quantitative estimate of drug-likeness (QED) is 0.650. The second-order valence-corrected chi connectivity index (χ2v) is 5.88. The van der Waals surface area contributed by atoms with Crippen molar-refractivity contribution in [2.45, 2.75) is 6.42 Å². The summed E-state index contributed by atoms with van der Waals surface area (Å²) in [5, 5.41) is 9.20. The lowest BCUT2D eigenvalue weighted by atomic mass is 10.1. The molecule has 3 rings (SSSR count). The van der Waals surface area contributed by atoms with Gasteiger partial charge >= 0.3 is 5.97 Å². The van der Waals surface area contributed by atoms with Crippen molar-refractivity contribution in [2.24, 2.45) is 0 Å². The molecule has 0 unspecified atom stereocenters. The first-order valence-corrected chi connectivity index (χ1v) is 7.93. The fourth-order valence-corrected chi connectivity index (χ4v) is 2.76. The fraction of sp³-hybridized carbons (Fsp3) is 0.0500. The molecule has 0 amide bonds. The van der Waals surface area contributed by atoms with Crippen LogP contribution in [0.5, 0.6) is 11.5 Å². The Bertz CT molecular complexity index is 924. The zero-order valence-corrected chi connectivity index (χ0v) is 13.8. The number of carboxylic acid groups (broad SMARTS) is 1. The lowest BCUT2D eigenvalue weighted by Crippen LogP contribution is -1.99. The van der Waals surface area contributed by atoms with Crippen LogP contribution >= 0.6 is 11.6 Å². The van der Waals surface area contributed by atoms with E-state index in [0.717, 1.165) is 5.56 Å². The first-order chi connectivity index (χ1) is 12.0. The minimum Gasteiger partial charge on any atom is -0.481 e. The summed E-state index contributed by atoms with van der Waals surface area (Å²) in [5.41, 5.74) is 2.15. The smallest absolute Gasteiger partial charge is 0.307 e. The lowest BCUT2D eigenvalue weighted by molar-refractivity contribution is -0.136. The molecule has 0 radical (unpaired) electrons. The van der Waals surface area contributed by atoms with E-state index in [1.165, 1.54) is 12.1 Å². The molecule has 0 aromatic heterocycles. The number of rotatable bonds is 5. The Morgan fingerprint density at radius 1 is 1.00 bits per heavy atom. The van der Waals surface area contributed by atoms with Crippen LogP contribution in [0.1, 0.15) is 5.56 Å². The second kappa shape index (κ2) is 7.36. The van der Waals surface area contributed by atoms with Gasteiger partial charge in [0.2, 0.25) is 0 Å². The van der Waals surface area contributed by atoms with Crippen molar-refractivity contribution in [3.8, 4) is 22.6 Å². The van der Waals surface area contributed by atoms with Crippen LogP contribution in [0.25, 0.3) is 11.1 Å². The van der Waals surface area contributed by atoms with Gasteiger partial charge in [0.1, 0.15) is 17.3 Å². The maximum absolute atomic E-state index is 13.2. The van der Waals surface area contributed by atoms with Crippen LogP contribution in [0.15, 0.2) is 66.7 Å². The molecule has 3 aromatic rings. The topological polar surface area (TPSA) is 46.5 Å². The van der Waals surface area contributed by atoms with E-state index in [2.05, 4.69) is 0 Å². The van der Waals surface area contributed by atoms with Gasteiger partial charge in [0.15, 0.2) is 0 Å². The first-order valence-electron chi connectivity index (χ1n) is 7.55. The predicted molar refractivity (Wildman–Crippen MR) is 94.7 cm³/mol. The Morgan fingerprint density at radius 2 is 1.72 bits per heavy atom. The number of hydrogen-bond donors (Lipinski definition) is 1. The Hall–Kier alpha value is -2.85. The summed E-state index contributed by atoms with van der Waals surface area (Å²) in [6.07, 6.45) is -0.0670. The van der Waals surface area contributed by atoms with E-state index in [1.807, 2.05) is 12.1 Å².